The molecule has 1 aromatic rings. The molecule has 1 aliphatic rings. The topological polar surface area (TPSA) is 41.7 Å². The van der Waals surface area contributed by atoms with Crippen molar-refractivity contribution in [1.82, 2.24) is 4.90 Å². The highest BCUT2D eigenvalue weighted by Gasteiger charge is 2.32. The average Bonchev–Trinajstić information content (AvgIpc) is 2.75. The van der Waals surface area contributed by atoms with E-state index in [1.807, 2.05) is 6.92 Å². The van der Waals surface area contributed by atoms with Crippen LogP contribution in [-0.4, -0.2) is 44.7 Å². The Bertz CT molecular complexity index is 478. The molecule has 0 aliphatic carbocycles. The van der Waals surface area contributed by atoms with Crippen LogP contribution in [0, 0.1) is 11.7 Å². The summed E-state index contributed by atoms with van der Waals surface area (Å²) in [7, 11) is 4.18. The van der Waals surface area contributed by atoms with Gasteiger partial charge in [-0.15, -0.1) is 0 Å². The number of benzene rings is 1. The molecule has 0 spiro atoms. The second kappa shape index (κ2) is 5.87. The van der Waals surface area contributed by atoms with Crippen LogP contribution in [0.3, 0.4) is 0 Å². The summed E-state index contributed by atoms with van der Waals surface area (Å²) in [5.41, 5.74) is 7.32. The first-order valence-electron chi connectivity index (χ1n) is 7.07. The van der Waals surface area contributed by atoms with Crippen molar-refractivity contribution >= 4 is 11.4 Å². The van der Waals surface area contributed by atoms with Gasteiger partial charge in [0.1, 0.15) is 0 Å². The van der Waals surface area contributed by atoms with Gasteiger partial charge in [-0.25, -0.2) is 4.39 Å². The van der Waals surface area contributed by atoms with Crippen molar-refractivity contribution in [2.24, 2.45) is 5.92 Å². The van der Waals surface area contributed by atoms with Gasteiger partial charge in [0, 0.05) is 31.3 Å². The fourth-order valence-corrected chi connectivity index (χ4v) is 2.92. The van der Waals surface area contributed by atoms with E-state index in [0.29, 0.717) is 24.3 Å². The Hall–Kier alpha value is -1.49. The summed E-state index contributed by atoms with van der Waals surface area (Å²) >= 11 is 0. The van der Waals surface area contributed by atoms with Gasteiger partial charge in [0.2, 0.25) is 0 Å². The van der Waals surface area contributed by atoms with E-state index >= 15 is 0 Å². The zero-order chi connectivity index (χ0) is 14.9. The van der Waals surface area contributed by atoms with Gasteiger partial charge in [-0.2, -0.15) is 0 Å². The molecule has 2 atom stereocenters. The number of ether oxygens (including phenoxy) is 1. The van der Waals surface area contributed by atoms with Crippen LogP contribution in [0.5, 0.6) is 5.75 Å². The first kappa shape index (κ1) is 14.9. The number of nitrogen functional groups attached to an aromatic ring is 1. The summed E-state index contributed by atoms with van der Waals surface area (Å²) in [6, 6.07) is 3.56. The number of nitrogens with zero attached hydrogens (tertiary/aromatic N) is 2. The Balaban J connectivity index is 2.27. The van der Waals surface area contributed by atoms with Gasteiger partial charge in [0.25, 0.3) is 0 Å². The van der Waals surface area contributed by atoms with Crippen molar-refractivity contribution in [2.45, 2.75) is 19.9 Å². The Labute approximate surface area is 120 Å². The van der Waals surface area contributed by atoms with Gasteiger partial charge in [0.05, 0.1) is 18.0 Å². The largest absolute Gasteiger partial charge is 0.491 e. The third-order valence-corrected chi connectivity index (χ3v) is 3.96. The van der Waals surface area contributed by atoms with Crippen LogP contribution in [0.1, 0.15) is 13.8 Å². The van der Waals surface area contributed by atoms with E-state index in [4.69, 9.17) is 10.5 Å². The standard InChI is InChI=1S/C15H24FN3O/c1-5-20-15-7-13(12(17)6-11(15)16)19-8-10(2)14(9-19)18(3)4/h6-7,10,14H,5,8-9,17H2,1-4H3. The van der Waals surface area contributed by atoms with Crippen molar-refractivity contribution in [3.05, 3.63) is 17.9 Å². The summed E-state index contributed by atoms with van der Waals surface area (Å²) in [6.45, 7) is 6.33. The number of hydrogen-bond acceptors (Lipinski definition) is 4. The van der Waals surface area contributed by atoms with Gasteiger partial charge < -0.3 is 20.3 Å². The normalized spacial score (nSPS) is 22.6. The summed E-state index contributed by atoms with van der Waals surface area (Å²) in [5, 5.41) is 0. The van der Waals surface area contributed by atoms with E-state index in [1.54, 1.807) is 6.07 Å². The maximum atomic E-state index is 13.8. The van der Waals surface area contributed by atoms with Gasteiger partial charge in [-0.05, 0) is 26.9 Å². The van der Waals surface area contributed by atoms with E-state index < -0.39 is 5.82 Å². The summed E-state index contributed by atoms with van der Waals surface area (Å²) in [6.07, 6.45) is 0. The smallest absolute Gasteiger partial charge is 0.167 e. The molecular weight excluding hydrogens is 257 g/mol. The van der Waals surface area contributed by atoms with Crippen molar-refractivity contribution in [1.29, 1.82) is 0 Å². The first-order valence-corrected chi connectivity index (χ1v) is 7.07. The molecule has 0 saturated carbocycles. The Morgan fingerprint density at radius 1 is 1.40 bits per heavy atom. The number of nitrogens with two attached hydrogens (primary N) is 1. The average molecular weight is 281 g/mol. The SMILES string of the molecule is CCOc1cc(N2CC(C)C(N(C)C)C2)c(N)cc1F. The highest BCUT2D eigenvalue weighted by atomic mass is 19.1. The van der Waals surface area contributed by atoms with Crippen LogP contribution in [0.4, 0.5) is 15.8 Å². The first-order chi connectivity index (χ1) is 9.43. The molecule has 5 heteroatoms. The van der Waals surface area contributed by atoms with Crippen LogP contribution < -0.4 is 15.4 Å². The summed E-state index contributed by atoms with van der Waals surface area (Å²) < 4.78 is 19.1. The second-order valence-electron chi connectivity index (χ2n) is 5.69. The number of rotatable bonds is 4. The quantitative estimate of drug-likeness (QED) is 0.859. The van der Waals surface area contributed by atoms with Crippen LogP contribution in [0.25, 0.3) is 0 Å². The van der Waals surface area contributed by atoms with E-state index in [2.05, 4.69) is 30.8 Å². The van der Waals surface area contributed by atoms with Crippen LogP contribution in [0.15, 0.2) is 12.1 Å². The maximum Gasteiger partial charge on any atom is 0.167 e. The monoisotopic (exact) mass is 281 g/mol. The maximum absolute atomic E-state index is 13.8. The van der Waals surface area contributed by atoms with E-state index in [0.717, 1.165) is 18.8 Å². The van der Waals surface area contributed by atoms with Crippen molar-refractivity contribution in [3.8, 4) is 5.75 Å². The molecule has 1 saturated heterocycles. The molecular formula is C15H24FN3O. The fraction of sp³-hybridized carbons (Fsp3) is 0.600. The highest BCUT2D eigenvalue weighted by Crippen LogP contribution is 2.34. The fourth-order valence-electron chi connectivity index (χ4n) is 2.92. The molecule has 1 aromatic carbocycles. The molecule has 0 aromatic heterocycles. The zero-order valence-corrected chi connectivity index (χ0v) is 12.7. The minimum absolute atomic E-state index is 0.276. The summed E-state index contributed by atoms with van der Waals surface area (Å²) in [4.78, 5) is 4.44. The molecule has 0 amide bonds. The number of halogens is 1. The van der Waals surface area contributed by atoms with Gasteiger partial charge >= 0.3 is 0 Å². The molecule has 2 rings (SSSR count). The minimum atomic E-state index is -0.399. The highest BCUT2D eigenvalue weighted by molar-refractivity contribution is 5.70. The Morgan fingerprint density at radius 2 is 2.10 bits per heavy atom. The number of likely N-dealkylation sites (N-methyl/N-ethyl adjacent to an activating group) is 1. The number of hydrogen-bond donors (Lipinski definition) is 1. The lowest BCUT2D eigenvalue weighted by molar-refractivity contribution is 0.266. The zero-order valence-electron chi connectivity index (χ0n) is 12.7. The molecule has 0 radical (unpaired) electrons. The van der Waals surface area contributed by atoms with Crippen LogP contribution in [0.2, 0.25) is 0 Å². The molecule has 2 N–H and O–H groups in total. The van der Waals surface area contributed by atoms with Gasteiger partial charge in [0.15, 0.2) is 11.6 Å². The number of anilines is 2. The minimum Gasteiger partial charge on any atom is -0.491 e. The third kappa shape index (κ3) is 2.82. The predicted octanol–water partition coefficient (Wildman–Crippen LogP) is 2.19. The van der Waals surface area contributed by atoms with Crippen molar-refractivity contribution < 1.29 is 9.13 Å². The lowest BCUT2D eigenvalue weighted by Crippen LogP contribution is -2.34. The molecule has 0 bridgehead atoms. The third-order valence-electron chi connectivity index (χ3n) is 3.96. The molecule has 112 valence electrons. The Kier molecular flexibility index (Phi) is 4.38. The lowest BCUT2D eigenvalue weighted by Gasteiger charge is -2.24. The van der Waals surface area contributed by atoms with Crippen molar-refractivity contribution in [2.75, 3.05) is 44.4 Å². The molecule has 4 nitrogen and oxygen atoms in total. The molecule has 1 fully saturated rings. The lowest BCUT2D eigenvalue weighted by atomic mass is 10.1. The van der Waals surface area contributed by atoms with Crippen molar-refractivity contribution in [3.63, 3.8) is 0 Å². The van der Waals surface area contributed by atoms with E-state index in [1.165, 1.54) is 6.07 Å². The molecule has 1 aliphatic heterocycles. The molecule has 1 heterocycles. The summed E-state index contributed by atoms with van der Waals surface area (Å²) in [5.74, 6) is 0.423. The van der Waals surface area contributed by atoms with Gasteiger partial charge in [-0.3, -0.25) is 0 Å². The predicted molar refractivity (Wildman–Crippen MR) is 80.8 cm³/mol. The Morgan fingerprint density at radius 3 is 2.65 bits per heavy atom. The van der Waals surface area contributed by atoms with E-state index in [9.17, 15) is 4.39 Å². The second-order valence-corrected chi connectivity index (χ2v) is 5.69. The molecule has 20 heavy (non-hydrogen) atoms. The van der Waals surface area contributed by atoms with Gasteiger partial charge in [-0.1, -0.05) is 6.92 Å². The van der Waals surface area contributed by atoms with Crippen LogP contribution in [-0.2, 0) is 0 Å². The molecule has 2 unspecified atom stereocenters. The van der Waals surface area contributed by atoms with E-state index in [-0.39, 0.29) is 5.75 Å². The van der Waals surface area contributed by atoms with Crippen LogP contribution >= 0.6 is 0 Å².